The van der Waals surface area contributed by atoms with Gasteiger partial charge in [0.2, 0.25) is 0 Å². The van der Waals surface area contributed by atoms with E-state index in [1.807, 2.05) is 72.8 Å². The van der Waals surface area contributed by atoms with E-state index in [9.17, 15) is 4.57 Å². The Kier molecular flexibility index (Phi) is 3.35. The Hall–Kier alpha value is -2.05. The molecule has 0 amide bonds. The smallest absolute Gasteiger partial charge is 0.266 e. The molecule has 2 nitrogen and oxygen atoms in total. The number of hydrogen-bond acceptors (Lipinski definition) is 2. The number of rotatable bonds is 3. The molecule has 0 aliphatic rings. The average molecular weight is 268 g/mol. The number of benzene rings is 3. The van der Waals surface area contributed by atoms with Crippen LogP contribution in [0.5, 0.6) is 5.75 Å². The molecule has 0 aliphatic carbocycles. The molecule has 3 rings (SSSR count). The van der Waals surface area contributed by atoms with E-state index in [2.05, 4.69) is 0 Å². The Morgan fingerprint density at radius 2 is 1.42 bits per heavy atom. The first-order valence-electron chi connectivity index (χ1n) is 6.09. The van der Waals surface area contributed by atoms with Crippen molar-refractivity contribution in [3.05, 3.63) is 72.8 Å². The summed E-state index contributed by atoms with van der Waals surface area (Å²) in [4.78, 5) is 0. The minimum absolute atomic E-state index is 0.638. The minimum atomic E-state index is -2.29. The molecule has 1 atom stereocenters. The van der Waals surface area contributed by atoms with Crippen LogP contribution in [-0.4, -0.2) is 0 Å². The van der Waals surface area contributed by atoms with E-state index in [4.69, 9.17) is 4.52 Å². The van der Waals surface area contributed by atoms with Crippen molar-refractivity contribution >= 4 is 24.1 Å². The van der Waals surface area contributed by atoms with Gasteiger partial charge in [0.1, 0.15) is 5.75 Å². The maximum absolute atomic E-state index is 12.4. The van der Waals surface area contributed by atoms with E-state index in [1.54, 1.807) is 0 Å². The van der Waals surface area contributed by atoms with Gasteiger partial charge < -0.3 is 4.52 Å². The van der Waals surface area contributed by atoms with Crippen molar-refractivity contribution in [3.63, 3.8) is 0 Å². The Balaban J connectivity index is 1.98. The van der Waals surface area contributed by atoms with Crippen LogP contribution in [0, 0.1) is 0 Å². The molecule has 0 fully saturated rings. The highest BCUT2D eigenvalue weighted by atomic mass is 31.1. The standard InChI is InChI=1S/C16H13O2P/c17-19(18-14-9-2-1-3-10-14)16-12-6-8-13-7-4-5-11-15(13)16/h1-12,19H. The first-order valence-corrected chi connectivity index (χ1v) is 7.41. The largest absolute Gasteiger partial charge is 0.442 e. The lowest BCUT2D eigenvalue weighted by Gasteiger charge is -2.08. The topological polar surface area (TPSA) is 26.3 Å². The van der Waals surface area contributed by atoms with Crippen LogP contribution in [0.3, 0.4) is 0 Å². The molecule has 3 aromatic rings. The quantitative estimate of drug-likeness (QED) is 0.671. The molecular formula is C16H13O2P. The van der Waals surface area contributed by atoms with Gasteiger partial charge in [-0.1, -0.05) is 54.6 Å². The average Bonchev–Trinajstić information content (AvgIpc) is 2.47. The van der Waals surface area contributed by atoms with E-state index in [-0.39, 0.29) is 0 Å². The van der Waals surface area contributed by atoms with E-state index in [0.29, 0.717) is 5.75 Å². The summed E-state index contributed by atoms with van der Waals surface area (Å²) in [5.41, 5.74) is 0. The molecule has 1 unspecified atom stereocenters. The van der Waals surface area contributed by atoms with Gasteiger partial charge in [-0.25, -0.2) is 0 Å². The second kappa shape index (κ2) is 5.29. The molecule has 0 radical (unpaired) electrons. The van der Waals surface area contributed by atoms with Gasteiger partial charge in [-0.05, 0) is 29.0 Å². The molecule has 19 heavy (non-hydrogen) atoms. The van der Waals surface area contributed by atoms with E-state index in [1.165, 1.54) is 0 Å². The highest BCUT2D eigenvalue weighted by Gasteiger charge is 2.09. The third-order valence-electron chi connectivity index (χ3n) is 2.96. The van der Waals surface area contributed by atoms with Crippen LogP contribution >= 0.6 is 8.03 Å². The summed E-state index contributed by atoms with van der Waals surface area (Å²) in [6.07, 6.45) is 0. The lowest BCUT2D eigenvalue weighted by Crippen LogP contribution is -2.01. The summed E-state index contributed by atoms with van der Waals surface area (Å²) >= 11 is 0. The van der Waals surface area contributed by atoms with E-state index >= 15 is 0 Å². The minimum Gasteiger partial charge on any atom is -0.442 e. The molecule has 3 aromatic carbocycles. The lowest BCUT2D eigenvalue weighted by atomic mass is 10.1. The fourth-order valence-electron chi connectivity index (χ4n) is 2.05. The molecule has 0 saturated carbocycles. The monoisotopic (exact) mass is 268 g/mol. The fourth-order valence-corrected chi connectivity index (χ4v) is 3.19. The zero-order valence-electron chi connectivity index (χ0n) is 10.2. The van der Waals surface area contributed by atoms with Gasteiger partial charge in [0.05, 0.1) is 5.30 Å². The second-order valence-electron chi connectivity index (χ2n) is 4.23. The Labute approximate surface area is 112 Å². The first kappa shape index (κ1) is 12.0. The van der Waals surface area contributed by atoms with Gasteiger partial charge in [-0.15, -0.1) is 0 Å². The van der Waals surface area contributed by atoms with Crippen LogP contribution in [0.2, 0.25) is 0 Å². The molecular weight excluding hydrogens is 255 g/mol. The Bertz CT molecular complexity index is 718. The van der Waals surface area contributed by atoms with Crippen LogP contribution in [0.25, 0.3) is 10.8 Å². The van der Waals surface area contributed by atoms with Crippen molar-refractivity contribution in [2.75, 3.05) is 0 Å². The van der Waals surface area contributed by atoms with Gasteiger partial charge in [0, 0.05) is 0 Å². The molecule has 0 bridgehead atoms. The van der Waals surface area contributed by atoms with Crippen molar-refractivity contribution in [2.24, 2.45) is 0 Å². The van der Waals surface area contributed by atoms with Crippen LogP contribution in [0.4, 0.5) is 0 Å². The number of para-hydroxylation sites is 1. The Morgan fingerprint density at radius 3 is 2.26 bits per heavy atom. The van der Waals surface area contributed by atoms with Crippen LogP contribution in [-0.2, 0) is 4.57 Å². The first-order chi connectivity index (χ1) is 9.34. The number of fused-ring (bicyclic) bond motifs is 1. The zero-order chi connectivity index (χ0) is 13.1. The molecule has 94 valence electrons. The van der Waals surface area contributed by atoms with Crippen LogP contribution in [0.15, 0.2) is 72.8 Å². The highest BCUT2D eigenvalue weighted by Crippen LogP contribution is 2.29. The summed E-state index contributed by atoms with van der Waals surface area (Å²) in [7, 11) is -2.29. The Morgan fingerprint density at radius 1 is 0.737 bits per heavy atom. The molecule has 0 N–H and O–H groups in total. The van der Waals surface area contributed by atoms with Gasteiger partial charge in [-0.2, -0.15) is 0 Å². The van der Waals surface area contributed by atoms with Crippen molar-refractivity contribution in [2.45, 2.75) is 0 Å². The SMILES string of the molecule is O=[PH](Oc1ccccc1)c1cccc2ccccc12. The summed E-state index contributed by atoms with van der Waals surface area (Å²) < 4.78 is 17.9. The number of hydrogen-bond donors (Lipinski definition) is 0. The van der Waals surface area contributed by atoms with E-state index < -0.39 is 8.03 Å². The predicted octanol–water partition coefficient (Wildman–Crippen LogP) is 4.02. The molecule has 0 spiro atoms. The normalized spacial score (nSPS) is 12.2. The lowest BCUT2D eigenvalue weighted by molar-refractivity contribution is 0.515. The molecule has 3 heteroatoms. The van der Waals surface area contributed by atoms with Crippen molar-refractivity contribution in [3.8, 4) is 5.75 Å². The predicted molar refractivity (Wildman–Crippen MR) is 79.7 cm³/mol. The summed E-state index contributed by atoms with van der Waals surface area (Å²) in [6.45, 7) is 0. The summed E-state index contributed by atoms with van der Waals surface area (Å²) in [6, 6.07) is 23.0. The summed E-state index contributed by atoms with van der Waals surface area (Å²) in [5.74, 6) is 0.638. The van der Waals surface area contributed by atoms with Crippen LogP contribution < -0.4 is 9.83 Å². The maximum atomic E-state index is 12.4. The highest BCUT2D eigenvalue weighted by molar-refractivity contribution is 7.49. The fraction of sp³-hybridized carbons (Fsp3) is 0. The van der Waals surface area contributed by atoms with Crippen LogP contribution in [0.1, 0.15) is 0 Å². The molecule has 0 aliphatic heterocycles. The van der Waals surface area contributed by atoms with Crippen molar-refractivity contribution < 1.29 is 9.09 Å². The molecule has 0 aromatic heterocycles. The molecule has 0 heterocycles. The molecule has 0 saturated heterocycles. The van der Waals surface area contributed by atoms with Crippen molar-refractivity contribution in [1.29, 1.82) is 0 Å². The van der Waals surface area contributed by atoms with Crippen molar-refractivity contribution in [1.82, 2.24) is 0 Å². The van der Waals surface area contributed by atoms with E-state index in [0.717, 1.165) is 16.1 Å². The third kappa shape index (κ3) is 2.54. The van der Waals surface area contributed by atoms with Gasteiger partial charge in [0.25, 0.3) is 8.03 Å². The van der Waals surface area contributed by atoms with Gasteiger partial charge in [0.15, 0.2) is 0 Å². The summed E-state index contributed by atoms with van der Waals surface area (Å²) in [5, 5.41) is 2.84. The third-order valence-corrected chi connectivity index (χ3v) is 4.26. The zero-order valence-corrected chi connectivity index (χ0v) is 11.2. The van der Waals surface area contributed by atoms with Gasteiger partial charge >= 0.3 is 0 Å². The maximum Gasteiger partial charge on any atom is 0.266 e. The van der Waals surface area contributed by atoms with Gasteiger partial charge in [-0.3, -0.25) is 4.57 Å². The second-order valence-corrected chi connectivity index (χ2v) is 5.55.